The monoisotopic (exact) mass is 546 g/mol. The Kier molecular flexibility index (Phi) is 10.3. The number of carboxylic acid groups (broad SMARTS) is 1. The van der Waals surface area contributed by atoms with Crippen LogP contribution in [-0.4, -0.2) is 56.4 Å². The number of aryl methyl sites for hydroxylation is 1. The molecule has 2 atom stereocenters. The summed E-state index contributed by atoms with van der Waals surface area (Å²) in [5, 5.41) is 15.2. The molecule has 0 saturated heterocycles. The molecule has 0 fully saturated rings. The molecule has 0 spiro atoms. The minimum atomic E-state index is -1.07. The third kappa shape index (κ3) is 7.27. The van der Waals surface area contributed by atoms with Crippen molar-refractivity contribution in [1.29, 1.82) is 0 Å². The van der Waals surface area contributed by atoms with Crippen LogP contribution in [-0.2, 0) is 27.3 Å². The summed E-state index contributed by atoms with van der Waals surface area (Å²) in [5.41, 5.74) is 6.12. The van der Waals surface area contributed by atoms with Crippen LogP contribution in [0.15, 0.2) is 60.7 Å². The first kappa shape index (κ1) is 29.3. The van der Waals surface area contributed by atoms with Gasteiger partial charge >= 0.3 is 5.97 Å². The lowest BCUT2D eigenvalue weighted by atomic mass is 9.93. The molecule has 1 amide bonds. The molecule has 1 aliphatic rings. The lowest BCUT2D eigenvalue weighted by Gasteiger charge is -2.20. The van der Waals surface area contributed by atoms with Crippen molar-refractivity contribution in [3.63, 3.8) is 0 Å². The molecule has 0 radical (unpaired) electrons. The molecular formula is C32H38N2O6. The van der Waals surface area contributed by atoms with E-state index in [-0.39, 0.29) is 12.5 Å². The highest BCUT2D eigenvalue weighted by atomic mass is 16.5. The fraction of sp³-hybridized carbons (Fsp3) is 0.375. The second-order valence-electron chi connectivity index (χ2n) is 9.88. The number of carboxylic acids is 1. The van der Waals surface area contributed by atoms with Gasteiger partial charge in [-0.3, -0.25) is 4.79 Å². The molecule has 1 aliphatic heterocycles. The predicted octanol–water partition coefficient (Wildman–Crippen LogP) is 4.68. The van der Waals surface area contributed by atoms with Crippen molar-refractivity contribution in [2.45, 2.75) is 45.4 Å². The molecule has 4 rings (SSSR count). The summed E-state index contributed by atoms with van der Waals surface area (Å²) in [6.45, 7) is 6.39. The summed E-state index contributed by atoms with van der Waals surface area (Å²) < 4.78 is 17.9. The Balaban J connectivity index is 1.60. The van der Waals surface area contributed by atoms with Gasteiger partial charge in [0.2, 0.25) is 0 Å². The van der Waals surface area contributed by atoms with Gasteiger partial charge in [-0.15, -0.1) is 0 Å². The second kappa shape index (κ2) is 14.1. The average molecular weight is 547 g/mol. The van der Waals surface area contributed by atoms with E-state index in [0.29, 0.717) is 38.5 Å². The van der Waals surface area contributed by atoms with Gasteiger partial charge in [0.25, 0.3) is 5.91 Å². The molecule has 3 aromatic rings. The molecule has 0 aliphatic carbocycles. The van der Waals surface area contributed by atoms with Crippen molar-refractivity contribution >= 4 is 11.9 Å². The van der Waals surface area contributed by atoms with E-state index in [9.17, 15) is 14.7 Å². The highest BCUT2D eigenvalue weighted by Gasteiger charge is 2.23. The lowest BCUT2D eigenvalue weighted by Crippen LogP contribution is -2.42. The Morgan fingerprint density at radius 3 is 2.65 bits per heavy atom. The maximum atomic E-state index is 13.3. The molecule has 0 aromatic heterocycles. The van der Waals surface area contributed by atoms with Crippen molar-refractivity contribution in [3.05, 3.63) is 88.5 Å². The lowest BCUT2D eigenvalue weighted by molar-refractivity contribution is -0.139. The van der Waals surface area contributed by atoms with Crippen LogP contribution in [0.1, 0.15) is 52.1 Å². The molecule has 8 heteroatoms. The van der Waals surface area contributed by atoms with E-state index in [1.54, 1.807) is 13.1 Å². The SMILES string of the molecule is CCOCC(OCc1ccc(C(=O)NC(CCNC)C(=O)O)c(-c2ccccc2C)c1)c1ccc2c(c1)OCC2. The van der Waals surface area contributed by atoms with Gasteiger partial charge < -0.3 is 30.0 Å². The summed E-state index contributed by atoms with van der Waals surface area (Å²) in [7, 11) is 1.74. The fourth-order valence-electron chi connectivity index (χ4n) is 4.80. The van der Waals surface area contributed by atoms with Crippen molar-refractivity contribution in [2.75, 3.05) is 33.4 Å². The van der Waals surface area contributed by atoms with Crippen LogP contribution in [0.25, 0.3) is 11.1 Å². The van der Waals surface area contributed by atoms with E-state index in [1.807, 2.05) is 56.3 Å². The van der Waals surface area contributed by atoms with E-state index in [0.717, 1.165) is 40.0 Å². The summed E-state index contributed by atoms with van der Waals surface area (Å²) in [4.78, 5) is 25.1. The first-order valence-corrected chi connectivity index (χ1v) is 13.7. The highest BCUT2D eigenvalue weighted by Crippen LogP contribution is 2.32. The molecular weight excluding hydrogens is 508 g/mol. The second-order valence-corrected chi connectivity index (χ2v) is 9.88. The van der Waals surface area contributed by atoms with E-state index in [2.05, 4.69) is 22.8 Å². The number of fused-ring (bicyclic) bond motifs is 1. The Labute approximate surface area is 235 Å². The Hall–Kier alpha value is -3.72. The minimum Gasteiger partial charge on any atom is -0.493 e. The number of carbonyl (C=O) groups is 2. The third-order valence-electron chi connectivity index (χ3n) is 7.07. The number of ether oxygens (including phenoxy) is 3. The Morgan fingerprint density at radius 2 is 1.90 bits per heavy atom. The quantitative estimate of drug-likeness (QED) is 0.270. The zero-order valence-electron chi connectivity index (χ0n) is 23.4. The van der Waals surface area contributed by atoms with Crippen LogP contribution < -0.4 is 15.4 Å². The van der Waals surface area contributed by atoms with Crippen LogP contribution in [0, 0.1) is 6.92 Å². The van der Waals surface area contributed by atoms with Gasteiger partial charge in [-0.2, -0.15) is 0 Å². The van der Waals surface area contributed by atoms with Gasteiger partial charge in [-0.1, -0.05) is 42.5 Å². The third-order valence-corrected chi connectivity index (χ3v) is 7.07. The van der Waals surface area contributed by atoms with Gasteiger partial charge in [-0.05, 0) is 85.4 Å². The van der Waals surface area contributed by atoms with Crippen molar-refractivity contribution in [3.8, 4) is 16.9 Å². The van der Waals surface area contributed by atoms with Crippen molar-refractivity contribution in [2.24, 2.45) is 0 Å². The van der Waals surface area contributed by atoms with Crippen molar-refractivity contribution < 1.29 is 28.9 Å². The average Bonchev–Trinajstić information content (AvgIpc) is 3.43. The number of amides is 1. The van der Waals surface area contributed by atoms with Gasteiger partial charge in [-0.25, -0.2) is 4.79 Å². The number of benzene rings is 3. The first-order chi connectivity index (χ1) is 19.4. The summed E-state index contributed by atoms with van der Waals surface area (Å²) in [6, 6.07) is 18.6. The molecule has 8 nitrogen and oxygen atoms in total. The Bertz CT molecular complexity index is 1320. The van der Waals surface area contributed by atoms with E-state index in [1.165, 1.54) is 5.56 Å². The standard InChI is InChI=1S/C32H38N2O6/c1-4-38-20-30(24-11-10-23-14-16-39-29(23)18-24)40-19-22-9-12-26(27(17-22)25-8-6-5-7-21(25)2)31(35)34-28(32(36)37)13-15-33-3/h5-12,17-18,28,30,33H,4,13-16,19-20H2,1-3H3,(H,34,35)(H,36,37). The number of nitrogens with one attached hydrogen (secondary N) is 2. The van der Waals surface area contributed by atoms with Gasteiger partial charge in [0, 0.05) is 18.6 Å². The molecule has 0 bridgehead atoms. The van der Waals surface area contributed by atoms with Crippen LogP contribution in [0.2, 0.25) is 0 Å². The van der Waals surface area contributed by atoms with Crippen molar-refractivity contribution in [1.82, 2.24) is 10.6 Å². The number of aliphatic carboxylic acids is 1. The number of carbonyl (C=O) groups excluding carboxylic acids is 1. The van der Waals surface area contributed by atoms with Crippen LogP contribution in [0.4, 0.5) is 0 Å². The molecule has 2 unspecified atom stereocenters. The smallest absolute Gasteiger partial charge is 0.326 e. The van der Waals surface area contributed by atoms with Gasteiger partial charge in [0.15, 0.2) is 0 Å². The topological polar surface area (TPSA) is 106 Å². The summed E-state index contributed by atoms with van der Waals surface area (Å²) in [6.07, 6.45) is 0.900. The molecule has 40 heavy (non-hydrogen) atoms. The maximum absolute atomic E-state index is 13.3. The van der Waals surface area contributed by atoms with E-state index in [4.69, 9.17) is 14.2 Å². The number of hydrogen-bond acceptors (Lipinski definition) is 6. The number of hydrogen-bond donors (Lipinski definition) is 3. The van der Waals surface area contributed by atoms with E-state index >= 15 is 0 Å². The summed E-state index contributed by atoms with van der Waals surface area (Å²) >= 11 is 0. The first-order valence-electron chi connectivity index (χ1n) is 13.7. The Morgan fingerprint density at radius 1 is 1.07 bits per heavy atom. The molecule has 0 saturated carbocycles. The van der Waals surface area contributed by atoms with E-state index < -0.39 is 17.9 Å². The molecule has 3 aromatic carbocycles. The molecule has 212 valence electrons. The minimum absolute atomic E-state index is 0.276. The van der Waals surface area contributed by atoms with Gasteiger partial charge in [0.1, 0.15) is 17.9 Å². The zero-order chi connectivity index (χ0) is 28.5. The highest BCUT2D eigenvalue weighted by molar-refractivity contribution is 6.02. The maximum Gasteiger partial charge on any atom is 0.326 e. The summed E-state index contributed by atoms with van der Waals surface area (Å²) in [5.74, 6) is -0.598. The normalized spacial score (nSPS) is 13.8. The van der Waals surface area contributed by atoms with Gasteiger partial charge in [0.05, 0.1) is 19.8 Å². The van der Waals surface area contributed by atoms with Crippen LogP contribution in [0.5, 0.6) is 5.75 Å². The zero-order valence-corrected chi connectivity index (χ0v) is 23.4. The van der Waals surface area contributed by atoms with Crippen LogP contribution >= 0.6 is 0 Å². The van der Waals surface area contributed by atoms with Crippen LogP contribution in [0.3, 0.4) is 0 Å². The number of rotatable bonds is 14. The largest absolute Gasteiger partial charge is 0.493 e. The fourth-order valence-corrected chi connectivity index (χ4v) is 4.80. The predicted molar refractivity (Wildman–Crippen MR) is 154 cm³/mol. The molecule has 1 heterocycles. The molecule has 3 N–H and O–H groups in total.